The molecule has 0 aromatic carbocycles. The Labute approximate surface area is 126 Å². The van der Waals surface area contributed by atoms with Crippen molar-refractivity contribution in [2.24, 2.45) is 12.2 Å². The van der Waals surface area contributed by atoms with E-state index in [1.54, 1.807) is 17.9 Å². The van der Waals surface area contributed by atoms with E-state index in [0.717, 1.165) is 11.3 Å². The summed E-state index contributed by atoms with van der Waals surface area (Å²) in [7, 11) is -2.11. The van der Waals surface area contributed by atoms with Crippen molar-refractivity contribution in [1.29, 1.82) is 0 Å². The van der Waals surface area contributed by atoms with Crippen molar-refractivity contribution >= 4 is 32.4 Å². The van der Waals surface area contributed by atoms with Crippen LogP contribution in [0.1, 0.15) is 28.7 Å². The molecule has 0 spiro atoms. The molecule has 2 rings (SSSR count). The van der Waals surface area contributed by atoms with Gasteiger partial charge in [0.25, 0.3) is 5.91 Å². The number of anilines is 1. The van der Waals surface area contributed by atoms with E-state index in [0.29, 0.717) is 17.7 Å². The zero-order valence-corrected chi connectivity index (χ0v) is 13.4. The normalized spacial score (nSPS) is 11.6. The summed E-state index contributed by atoms with van der Waals surface area (Å²) >= 11 is 0.826. The Morgan fingerprint density at radius 2 is 2.19 bits per heavy atom. The summed E-state index contributed by atoms with van der Waals surface area (Å²) in [6, 6.07) is 0. The summed E-state index contributed by atoms with van der Waals surface area (Å²) in [4.78, 5) is 16.2. The van der Waals surface area contributed by atoms with E-state index in [1.165, 1.54) is 6.92 Å². The molecule has 0 unspecified atom stereocenters. The number of hydrogen-bond donors (Lipinski definition) is 2. The Balaban J connectivity index is 2.28. The van der Waals surface area contributed by atoms with Gasteiger partial charge >= 0.3 is 0 Å². The van der Waals surface area contributed by atoms with Crippen LogP contribution in [0.3, 0.4) is 0 Å². The summed E-state index contributed by atoms with van der Waals surface area (Å²) in [6.07, 6.45) is 2.22. The minimum absolute atomic E-state index is 0.0558. The highest BCUT2D eigenvalue weighted by Crippen LogP contribution is 2.26. The number of nitrogens with zero attached hydrogens (tertiary/aromatic N) is 3. The van der Waals surface area contributed by atoms with E-state index >= 15 is 0 Å². The molecule has 2 aromatic heterocycles. The Morgan fingerprint density at radius 1 is 1.52 bits per heavy atom. The van der Waals surface area contributed by atoms with Crippen LogP contribution < -0.4 is 10.5 Å². The molecule has 0 aliphatic rings. The number of thiazole rings is 1. The molecule has 0 aliphatic carbocycles. The predicted octanol–water partition coefficient (Wildman–Crippen LogP) is 0.647. The number of primary sulfonamides is 1. The zero-order chi connectivity index (χ0) is 15.8. The summed E-state index contributed by atoms with van der Waals surface area (Å²) in [5, 5.41) is 12.0. The van der Waals surface area contributed by atoms with Crippen LogP contribution in [-0.4, -0.2) is 29.1 Å². The first kappa shape index (κ1) is 15.6. The number of aryl methyl sites for hydroxylation is 3. The lowest BCUT2D eigenvalue weighted by molar-refractivity contribution is 0.102. The minimum Gasteiger partial charge on any atom is -0.298 e. The molecule has 0 bridgehead atoms. The molecule has 10 heteroatoms. The third kappa shape index (κ3) is 3.28. The van der Waals surface area contributed by atoms with Gasteiger partial charge < -0.3 is 0 Å². The van der Waals surface area contributed by atoms with Crippen LogP contribution in [0.5, 0.6) is 0 Å². The SMILES string of the molecule is CCc1nn(C)cc1C(=O)Nc1nc(C)c(S(N)(=O)=O)s1. The molecule has 1 amide bonds. The molecule has 2 heterocycles. The van der Waals surface area contributed by atoms with Crippen LogP contribution in [0, 0.1) is 6.92 Å². The number of hydrogen-bond acceptors (Lipinski definition) is 6. The molecule has 0 saturated carbocycles. The number of carbonyl (C=O) groups excluding carboxylic acids is 1. The average Bonchev–Trinajstić information content (AvgIpc) is 2.91. The third-order valence-electron chi connectivity index (χ3n) is 2.72. The quantitative estimate of drug-likeness (QED) is 0.853. The van der Waals surface area contributed by atoms with Crippen LogP contribution in [0.25, 0.3) is 0 Å². The van der Waals surface area contributed by atoms with Crippen molar-refractivity contribution in [3.63, 3.8) is 0 Å². The highest BCUT2D eigenvalue weighted by molar-refractivity contribution is 7.91. The first-order valence-corrected chi connectivity index (χ1v) is 8.42. The Morgan fingerprint density at radius 3 is 2.71 bits per heavy atom. The van der Waals surface area contributed by atoms with Gasteiger partial charge in [-0.05, 0) is 13.3 Å². The van der Waals surface area contributed by atoms with Crippen molar-refractivity contribution < 1.29 is 13.2 Å². The molecule has 114 valence electrons. The fourth-order valence-corrected chi connectivity index (χ4v) is 3.70. The molecule has 21 heavy (non-hydrogen) atoms. The maximum absolute atomic E-state index is 12.2. The highest BCUT2D eigenvalue weighted by Gasteiger charge is 2.20. The molecule has 3 N–H and O–H groups in total. The van der Waals surface area contributed by atoms with Gasteiger partial charge in [-0.3, -0.25) is 14.8 Å². The zero-order valence-electron chi connectivity index (χ0n) is 11.7. The Hall–Kier alpha value is -1.78. The van der Waals surface area contributed by atoms with Crippen molar-refractivity contribution in [2.45, 2.75) is 24.5 Å². The third-order valence-corrected chi connectivity index (χ3v) is 5.34. The maximum Gasteiger partial charge on any atom is 0.260 e. The molecule has 0 aliphatic heterocycles. The van der Waals surface area contributed by atoms with E-state index in [2.05, 4.69) is 15.4 Å². The van der Waals surface area contributed by atoms with Gasteiger partial charge in [0.1, 0.15) is 0 Å². The van der Waals surface area contributed by atoms with E-state index in [9.17, 15) is 13.2 Å². The number of nitrogens with one attached hydrogen (secondary N) is 1. The summed E-state index contributed by atoms with van der Waals surface area (Å²) in [5.74, 6) is -0.380. The minimum atomic E-state index is -3.83. The van der Waals surface area contributed by atoms with Gasteiger partial charge in [0, 0.05) is 13.2 Å². The molecular weight excluding hydrogens is 314 g/mol. The molecule has 0 atom stereocenters. The van der Waals surface area contributed by atoms with Crippen LogP contribution in [0.15, 0.2) is 10.4 Å². The van der Waals surface area contributed by atoms with Crippen LogP contribution in [-0.2, 0) is 23.5 Å². The lowest BCUT2D eigenvalue weighted by Gasteiger charge is -2.00. The molecule has 0 radical (unpaired) electrons. The van der Waals surface area contributed by atoms with Gasteiger partial charge in [-0.15, -0.1) is 0 Å². The molecule has 0 fully saturated rings. The van der Waals surface area contributed by atoms with Gasteiger partial charge in [-0.25, -0.2) is 18.5 Å². The Bertz CT molecular complexity index is 791. The van der Waals surface area contributed by atoms with Crippen LogP contribution >= 0.6 is 11.3 Å². The molecule has 2 aromatic rings. The second-order valence-corrected chi connectivity index (χ2v) is 7.16. The Kier molecular flexibility index (Phi) is 4.12. The first-order valence-electron chi connectivity index (χ1n) is 6.06. The topological polar surface area (TPSA) is 120 Å². The predicted molar refractivity (Wildman–Crippen MR) is 78.8 cm³/mol. The summed E-state index contributed by atoms with van der Waals surface area (Å²) < 4.78 is 24.2. The first-order chi connectivity index (χ1) is 9.72. The average molecular weight is 329 g/mol. The van der Waals surface area contributed by atoms with Crippen molar-refractivity contribution in [1.82, 2.24) is 14.8 Å². The maximum atomic E-state index is 12.2. The molecule has 8 nitrogen and oxygen atoms in total. The lowest BCUT2D eigenvalue weighted by atomic mass is 10.2. The monoisotopic (exact) mass is 329 g/mol. The second-order valence-electron chi connectivity index (χ2n) is 4.41. The molecular formula is C11H15N5O3S2. The van der Waals surface area contributed by atoms with E-state index in [4.69, 9.17) is 5.14 Å². The number of nitrogens with two attached hydrogens (primary N) is 1. The second kappa shape index (κ2) is 5.54. The number of amides is 1. The lowest BCUT2D eigenvalue weighted by Crippen LogP contribution is -2.13. The smallest absolute Gasteiger partial charge is 0.260 e. The number of sulfonamides is 1. The number of rotatable bonds is 4. The van der Waals surface area contributed by atoms with Gasteiger partial charge in [-0.2, -0.15) is 5.10 Å². The summed E-state index contributed by atoms with van der Waals surface area (Å²) in [6.45, 7) is 3.42. The summed E-state index contributed by atoms with van der Waals surface area (Å²) in [5.41, 5.74) is 1.36. The van der Waals surface area contributed by atoms with Crippen LogP contribution in [0.4, 0.5) is 5.13 Å². The van der Waals surface area contributed by atoms with Crippen LogP contribution in [0.2, 0.25) is 0 Å². The van der Waals surface area contributed by atoms with Crippen molar-refractivity contribution in [3.8, 4) is 0 Å². The van der Waals surface area contributed by atoms with Gasteiger partial charge in [0.2, 0.25) is 10.0 Å². The highest BCUT2D eigenvalue weighted by atomic mass is 32.2. The van der Waals surface area contributed by atoms with Gasteiger partial charge in [0.15, 0.2) is 9.34 Å². The van der Waals surface area contributed by atoms with E-state index in [1.807, 2.05) is 6.92 Å². The van der Waals surface area contributed by atoms with Crippen molar-refractivity contribution in [2.75, 3.05) is 5.32 Å². The van der Waals surface area contributed by atoms with Gasteiger partial charge in [0.05, 0.1) is 17.0 Å². The van der Waals surface area contributed by atoms with Crippen molar-refractivity contribution in [3.05, 3.63) is 23.1 Å². The van der Waals surface area contributed by atoms with E-state index in [-0.39, 0.29) is 20.9 Å². The standard InChI is InChI=1S/C11H15N5O3S2/c1-4-8-7(5-16(3)15-8)9(17)14-11-13-6(2)10(20-11)21(12,18)19/h5H,4H2,1-3H3,(H2,12,18,19)(H,13,14,17). The largest absolute Gasteiger partial charge is 0.298 e. The fraction of sp³-hybridized carbons (Fsp3) is 0.364. The number of carbonyl (C=O) groups is 1. The number of aromatic nitrogens is 3. The van der Waals surface area contributed by atoms with E-state index < -0.39 is 10.0 Å². The fourth-order valence-electron chi connectivity index (χ4n) is 1.85. The molecule has 0 saturated heterocycles. The van der Waals surface area contributed by atoms with Gasteiger partial charge in [-0.1, -0.05) is 18.3 Å².